The van der Waals surface area contributed by atoms with E-state index in [-0.39, 0.29) is 11.6 Å². The minimum absolute atomic E-state index is 0.156. The van der Waals surface area contributed by atoms with E-state index in [1.165, 1.54) is 11.8 Å². The Morgan fingerprint density at radius 2 is 1.76 bits per heavy atom. The third kappa shape index (κ3) is 4.59. The van der Waals surface area contributed by atoms with E-state index in [0.29, 0.717) is 21.6 Å². The fourth-order valence-corrected chi connectivity index (χ4v) is 4.51. The van der Waals surface area contributed by atoms with Crippen LogP contribution in [0.3, 0.4) is 0 Å². The summed E-state index contributed by atoms with van der Waals surface area (Å²) in [5.74, 6) is 0.420. The molecule has 34 heavy (non-hydrogen) atoms. The second-order valence-electron chi connectivity index (χ2n) is 8.27. The van der Waals surface area contributed by atoms with E-state index in [1.54, 1.807) is 29.0 Å². The molecule has 1 atom stereocenters. The number of anilines is 3. The van der Waals surface area contributed by atoms with Gasteiger partial charge in [0.15, 0.2) is 0 Å². The highest BCUT2D eigenvalue weighted by Crippen LogP contribution is 2.28. The molecule has 174 valence electrons. The van der Waals surface area contributed by atoms with Crippen molar-refractivity contribution in [3.8, 4) is 0 Å². The molecule has 1 saturated heterocycles. The second kappa shape index (κ2) is 9.62. The first kappa shape index (κ1) is 22.7. The van der Waals surface area contributed by atoms with Crippen LogP contribution < -0.4 is 21.1 Å². The van der Waals surface area contributed by atoms with Gasteiger partial charge in [-0.1, -0.05) is 29.3 Å². The summed E-state index contributed by atoms with van der Waals surface area (Å²) in [4.78, 5) is 24.4. The number of aromatic nitrogens is 3. The number of fused-ring (bicyclic) bond motifs is 1. The largest absolute Gasteiger partial charge is 0.369 e. The van der Waals surface area contributed by atoms with Gasteiger partial charge in [0.1, 0.15) is 5.65 Å². The Bertz CT molecular complexity index is 1380. The van der Waals surface area contributed by atoms with Gasteiger partial charge >= 0.3 is 0 Å². The van der Waals surface area contributed by atoms with Crippen LogP contribution in [0.2, 0.25) is 10.0 Å². The Hall–Kier alpha value is -3.13. The van der Waals surface area contributed by atoms with E-state index < -0.39 is 0 Å². The van der Waals surface area contributed by atoms with Crippen molar-refractivity contribution in [2.45, 2.75) is 13.0 Å². The highest BCUT2D eigenvalue weighted by atomic mass is 35.5. The maximum Gasteiger partial charge on any atom is 0.252 e. The van der Waals surface area contributed by atoms with Gasteiger partial charge in [0.05, 0.1) is 16.1 Å². The minimum Gasteiger partial charge on any atom is -0.369 e. The Labute approximate surface area is 207 Å². The number of nitrogens with one attached hydrogen (secondary N) is 2. The third-order valence-corrected chi connectivity index (χ3v) is 6.82. The number of piperazine rings is 1. The van der Waals surface area contributed by atoms with Crippen molar-refractivity contribution in [3.63, 3.8) is 0 Å². The van der Waals surface area contributed by atoms with E-state index in [4.69, 9.17) is 28.2 Å². The minimum atomic E-state index is -0.299. The summed E-state index contributed by atoms with van der Waals surface area (Å²) in [6.45, 7) is 5.91. The molecule has 0 saturated carbocycles. The number of hydrogen-bond acceptors (Lipinski definition) is 6. The molecule has 2 aromatic heterocycles. The lowest BCUT2D eigenvalue weighted by molar-refractivity contribution is 0.589. The van der Waals surface area contributed by atoms with Gasteiger partial charge in [0, 0.05) is 55.2 Å². The Kier molecular flexibility index (Phi) is 6.41. The Morgan fingerprint density at radius 1 is 1.00 bits per heavy atom. The maximum atomic E-state index is 12.9. The molecule has 0 radical (unpaired) electrons. The highest BCUT2D eigenvalue weighted by molar-refractivity contribution is 6.42. The summed E-state index contributed by atoms with van der Waals surface area (Å²) in [5.41, 5.74) is 3.31. The zero-order valence-electron chi connectivity index (χ0n) is 18.6. The van der Waals surface area contributed by atoms with Crippen molar-refractivity contribution < 1.29 is 0 Å². The normalized spacial score (nSPS) is 14.9. The molecule has 0 bridgehead atoms. The van der Waals surface area contributed by atoms with Crippen molar-refractivity contribution in [1.29, 1.82) is 0 Å². The molecule has 7 nitrogen and oxygen atoms in total. The van der Waals surface area contributed by atoms with Gasteiger partial charge in [-0.3, -0.25) is 9.36 Å². The molecule has 0 aliphatic carbocycles. The number of rotatable bonds is 5. The molecular weight excluding hydrogens is 471 g/mol. The topological polar surface area (TPSA) is 75.1 Å². The molecule has 2 N–H and O–H groups in total. The van der Waals surface area contributed by atoms with E-state index >= 15 is 0 Å². The standard InChI is InChI=1S/C25H24Cl2N6O/c1-16(17-2-8-21(26)22(27)14-17)33-23(34)9-3-18-15-29-25(31-24(18)33)30-19-4-6-20(7-5-19)32-12-10-28-11-13-32/h2-9,14-16,28H,10-13H2,1H3,(H,29,30,31). The van der Waals surface area contributed by atoms with Crippen molar-refractivity contribution in [1.82, 2.24) is 19.9 Å². The summed E-state index contributed by atoms with van der Waals surface area (Å²) in [5, 5.41) is 8.32. The van der Waals surface area contributed by atoms with Gasteiger partial charge in [0.2, 0.25) is 5.95 Å². The van der Waals surface area contributed by atoms with Crippen LogP contribution >= 0.6 is 23.2 Å². The van der Waals surface area contributed by atoms with E-state index in [1.807, 2.05) is 25.1 Å². The Morgan fingerprint density at radius 3 is 2.50 bits per heavy atom. The zero-order valence-corrected chi connectivity index (χ0v) is 20.1. The maximum absolute atomic E-state index is 12.9. The average Bonchev–Trinajstić information content (AvgIpc) is 2.86. The van der Waals surface area contributed by atoms with Gasteiger partial charge in [-0.25, -0.2) is 4.98 Å². The highest BCUT2D eigenvalue weighted by Gasteiger charge is 2.16. The first-order valence-corrected chi connectivity index (χ1v) is 11.9. The lowest BCUT2D eigenvalue weighted by Crippen LogP contribution is -2.43. The van der Waals surface area contributed by atoms with Crippen molar-refractivity contribution in [3.05, 3.63) is 86.8 Å². The fourth-order valence-electron chi connectivity index (χ4n) is 4.20. The van der Waals surface area contributed by atoms with Gasteiger partial charge in [-0.15, -0.1) is 0 Å². The predicted octanol–water partition coefficient (Wildman–Crippen LogP) is 4.86. The number of pyridine rings is 1. The number of benzene rings is 2. The summed E-state index contributed by atoms with van der Waals surface area (Å²) in [6, 6.07) is 16.6. The van der Waals surface area contributed by atoms with Crippen molar-refractivity contribution >= 4 is 51.6 Å². The molecule has 4 aromatic rings. The number of halogens is 2. The molecule has 3 heterocycles. The molecule has 2 aromatic carbocycles. The predicted molar refractivity (Wildman–Crippen MR) is 139 cm³/mol. The van der Waals surface area contributed by atoms with Crippen LogP contribution in [0.4, 0.5) is 17.3 Å². The summed E-state index contributed by atoms with van der Waals surface area (Å²) < 4.78 is 1.65. The summed E-state index contributed by atoms with van der Waals surface area (Å²) in [7, 11) is 0. The van der Waals surface area contributed by atoms with Gasteiger partial charge in [-0.2, -0.15) is 4.98 Å². The van der Waals surface area contributed by atoms with Crippen LogP contribution in [0.1, 0.15) is 18.5 Å². The van der Waals surface area contributed by atoms with Crippen LogP contribution in [-0.4, -0.2) is 40.7 Å². The van der Waals surface area contributed by atoms with E-state index in [0.717, 1.165) is 42.8 Å². The van der Waals surface area contributed by atoms with Crippen molar-refractivity contribution in [2.75, 3.05) is 36.4 Å². The van der Waals surface area contributed by atoms with Gasteiger partial charge in [-0.05, 0) is 55.0 Å². The SMILES string of the molecule is CC(c1ccc(Cl)c(Cl)c1)n1c(=O)ccc2cnc(Nc3ccc(N4CCNCC4)cc3)nc21. The first-order chi connectivity index (χ1) is 16.5. The fraction of sp³-hybridized carbons (Fsp3) is 0.240. The average molecular weight is 495 g/mol. The van der Waals surface area contributed by atoms with Gasteiger partial charge in [0.25, 0.3) is 5.56 Å². The van der Waals surface area contributed by atoms with E-state index in [2.05, 4.69) is 32.7 Å². The molecule has 1 unspecified atom stereocenters. The van der Waals surface area contributed by atoms with Crippen LogP contribution in [-0.2, 0) is 0 Å². The lowest BCUT2D eigenvalue weighted by Gasteiger charge is -2.29. The van der Waals surface area contributed by atoms with Crippen LogP contribution in [0.25, 0.3) is 11.0 Å². The van der Waals surface area contributed by atoms with Crippen molar-refractivity contribution in [2.24, 2.45) is 0 Å². The molecule has 1 aliphatic heterocycles. The monoisotopic (exact) mass is 494 g/mol. The molecule has 0 amide bonds. The molecule has 1 fully saturated rings. The van der Waals surface area contributed by atoms with Crippen LogP contribution in [0, 0.1) is 0 Å². The molecule has 5 rings (SSSR count). The van der Waals surface area contributed by atoms with E-state index in [9.17, 15) is 4.79 Å². The Balaban J connectivity index is 1.45. The summed E-state index contributed by atoms with van der Waals surface area (Å²) >= 11 is 12.3. The van der Waals surface area contributed by atoms with Crippen LogP contribution in [0.15, 0.2) is 65.6 Å². The second-order valence-corrected chi connectivity index (χ2v) is 9.09. The zero-order chi connectivity index (χ0) is 23.7. The number of nitrogens with zero attached hydrogens (tertiary/aromatic N) is 4. The number of hydrogen-bond donors (Lipinski definition) is 2. The first-order valence-electron chi connectivity index (χ1n) is 11.2. The third-order valence-electron chi connectivity index (χ3n) is 6.09. The summed E-state index contributed by atoms with van der Waals surface area (Å²) in [6.07, 6.45) is 1.72. The van der Waals surface area contributed by atoms with Gasteiger partial charge < -0.3 is 15.5 Å². The molecule has 0 spiro atoms. The lowest BCUT2D eigenvalue weighted by atomic mass is 10.1. The quantitative estimate of drug-likeness (QED) is 0.412. The molecule has 9 heteroatoms. The van der Waals surface area contributed by atoms with Crippen LogP contribution in [0.5, 0.6) is 0 Å². The smallest absolute Gasteiger partial charge is 0.252 e. The molecular formula is C25H24Cl2N6O. The molecule has 1 aliphatic rings.